The number of nitrogens with zero attached hydrogens (tertiary/aromatic N) is 2. The van der Waals surface area contributed by atoms with Crippen LogP contribution in [0.4, 0.5) is 0 Å². The minimum Gasteiger partial charge on any atom is -0.299 e. The second-order valence-corrected chi connectivity index (χ2v) is 8.83. The number of hydrogen-bond donors (Lipinski definition) is 0. The van der Waals surface area contributed by atoms with Crippen molar-refractivity contribution in [3.8, 4) is 22.3 Å². The van der Waals surface area contributed by atoms with Crippen LogP contribution in [0.3, 0.4) is 0 Å². The quantitative estimate of drug-likeness (QED) is 0.259. The number of rotatable bonds is 0. The Bertz CT molecular complexity index is 1740. The molecule has 0 radical (unpaired) electrons. The molecule has 2 heterocycles. The number of benzene rings is 4. The third-order valence-corrected chi connectivity index (χ3v) is 7.30. The van der Waals surface area contributed by atoms with Gasteiger partial charge in [-0.05, 0) is 80.9 Å². The van der Waals surface area contributed by atoms with Crippen LogP contribution in [-0.2, 0) is 12.8 Å². The van der Waals surface area contributed by atoms with Crippen molar-refractivity contribution in [3.05, 3.63) is 107 Å². The van der Waals surface area contributed by atoms with E-state index < -0.39 is 0 Å². The predicted molar refractivity (Wildman–Crippen MR) is 127 cm³/mol. The Balaban J connectivity index is 1.47. The summed E-state index contributed by atoms with van der Waals surface area (Å²) in [6, 6.07) is 27.1. The lowest BCUT2D eigenvalue weighted by molar-refractivity contribution is 1.23. The Labute approximate surface area is 179 Å². The standard InChI is InChI=1S/C29H18N2/c1-2-6-20-17(5-1)13-18-9-10-21-23-16-24-22-7-3-4-8-27(22)31-12-11-30-29(31)26(24)15-19(23)14-25(21)28(18)20/h1-12,15-16H,13-14H2. The summed E-state index contributed by atoms with van der Waals surface area (Å²) in [6.45, 7) is 0. The second kappa shape index (κ2) is 5.41. The normalized spacial score (nSPS) is 13.5. The summed E-state index contributed by atoms with van der Waals surface area (Å²) in [4.78, 5) is 4.72. The van der Waals surface area contributed by atoms with E-state index in [4.69, 9.17) is 4.98 Å². The van der Waals surface area contributed by atoms with E-state index in [0.29, 0.717) is 0 Å². The predicted octanol–water partition coefficient (Wildman–Crippen LogP) is 6.78. The topological polar surface area (TPSA) is 17.3 Å². The molecule has 0 amide bonds. The fourth-order valence-electron chi connectivity index (χ4n) is 5.99. The van der Waals surface area contributed by atoms with Gasteiger partial charge in [-0.1, -0.05) is 54.6 Å². The first kappa shape index (κ1) is 15.9. The maximum absolute atomic E-state index is 4.72. The van der Waals surface area contributed by atoms with Gasteiger partial charge in [0, 0.05) is 23.2 Å². The molecule has 6 aromatic rings. The number of aromatic nitrogens is 2. The minimum absolute atomic E-state index is 0.998. The average molecular weight is 394 g/mol. The zero-order valence-electron chi connectivity index (χ0n) is 16.9. The Kier molecular flexibility index (Phi) is 2.77. The summed E-state index contributed by atoms with van der Waals surface area (Å²) in [5.74, 6) is 0. The van der Waals surface area contributed by atoms with Crippen LogP contribution in [-0.4, -0.2) is 9.38 Å². The van der Waals surface area contributed by atoms with E-state index in [2.05, 4.69) is 83.4 Å². The van der Waals surface area contributed by atoms with Crippen molar-refractivity contribution in [3.63, 3.8) is 0 Å². The lowest BCUT2D eigenvalue weighted by Gasteiger charge is -2.11. The fraction of sp³-hybridized carbons (Fsp3) is 0.0690. The fourth-order valence-corrected chi connectivity index (χ4v) is 5.99. The number of imidazole rings is 1. The molecule has 2 aromatic heterocycles. The van der Waals surface area contributed by atoms with Crippen molar-refractivity contribution in [2.45, 2.75) is 12.8 Å². The highest BCUT2D eigenvalue weighted by Gasteiger charge is 2.28. The van der Waals surface area contributed by atoms with Gasteiger partial charge in [-0.15, -0.1) is 0 Å². The smallest absolute Gasteiger partial charge is 0.145 e. The van der Waals surface area contributed by atoms with Crippen molar-refractivity contribution in [1.82, 2.24) is 9.38 Å². The van der Waals surface area contributed by atoms with Gasteiger partial charge in [0.1, 0.15) is 5.65 Å². The van der Waals surface area contributed by atoms with Crippen molar-refractivity contribution < 1.29 is 0 Å². The van der Waals surface area contributed by atoms with Crippen molar-refractivity contribution in [2.24, 2.45) is 0 Å². The maximum atomic E-state index is 4.72. The molecule has 31 heavy (non-hydrogen) atoms. The van der Waals surface area contributed by atoms with E-state index in [1.165, 1.54) is 66.2 Å². The van der Waals surface area contributed by atoms with Gasteiger partial charge in [-0.3, -0.25) is 4.40 Å². The first-order chi connectivity index (χ1) is 15.4. The lowest BCUT2D eigenvalue weighted by atomic mass is 9.95. The molecule has 0 spiro atoms. The number of para-hydroxylation sites is 1. The van der Waals surface area contributed by atoms with Gasteiger partial charge >= 0.3 is 0 Å². The van der Waals surface area contributed by atoms with Gasteiger partial charge in [0.25, 0.3) is 0 Å². The molecule has 0 aliphatic heterocycles. The molecule has 0 atom stereocenters. The second-order valence-electron chi connectivity index (χ2n) is 8.83. The van der Waals surface area contributed by atoms with Crippen LogP contribution in [0.2, 0.25) is 0 Å². The Morgan fingerprint density at radius 2 is 1.55 bits per heavy atom. The molecular formula is C29H18N2. The number of fused-ring (bicyclic) bond motifs is 13. The molecule has 0 bridgehead atoms. The summed E-state index contributed by atoms with van der Waals surface area (Å²) < 4.78 is 2.22. The van der Waals surface area contributed by atoms with Gasteiger partial charge in [0.2, 0.25) is 0 Å². The van der Waals surface area contributed by atoms with Gasteiger partial charge in [0.05, 0.1) is 5.52 Å². The van der Waals surface area contributed by atoms with Crippen molar-refractivity contribution in [1.29, 1.82) is 0 Å². The minimum atomic E-state index is 0.998. The van der Waals surface area contributed by atoms with E-state index in [9.17, 15) is 0 Å². The third kappa shape index (κ3) is 1.91. The summed E-state index contributed by atoms with van der Waals surface area (Å²) in [7, 11) is 0. The van der Waals surface area contributed by atoms with Crippen LogP contribution >= 0.6 is 0 Å². The van der Waals surface area contributed by atoms with Crippen LogP contribution in [0.5, 0.6) is 0 Å². The molecule has 0 unspecified atom stereocenters. The molecule has 0 fully saturated rings. The van der Waals surface area contributed by atoms with Gasteiger partial charge in [-0.2, -0.15) is 0 Å². The molecule has 2 heteroatoms. The van der Waals surface area contributed by atoms with Crippen LogP contribution in [0.15, 0.2) is 85.2 Å². The van der Waals surface area contributed by atoms with Gasteiger partial charge in [-0.25, -0.2) is 4.98 Å². The molecule has 4 aromatic carbocycles. The summed E-state index contributed by atoms with van der Waals surface area (Å²) in [5, 5.41) is 3.82. The highest BCUT2D eigenvalue weighted by atomic mass is 15.0. The SMILES string of the molecule is c1ccc2c(c1)Cc1ccc3c(c1-2)Cc1cc2c(cc1-3)c1ccccc1n1ccnc21. The van der Waals surface area contributed by atoms with Crippen LogP contribution in [0.1, 0.15) is 22.3 Å². The monoisotopic (exact) mass is 394 g/mol. The maximum Gasteiger partial charge on any atom is 0.145 e. The van der Waals surface area contributed by atoms with Crippen LogP contribution in [0, 0.1) is 0 Å². The Hall–Kier alpha value is -3.91. The molecule has 8 rings (SSSR count). The molecule has 0 saturated heterocycles. The van der Waals surface area contributed by atoms with E-state index >= 15 is 0 Å². The molecule has 0 saturated carbocycles. The zero-order chi connectivity index (χ0) is 20.1. The van der Waals surface area contributed by atoms with E-state index in [-0.39, 0.29) is 0 Å². The Morgan fingerprint density at radius 3 is 2.55 bits per heavy atom. The highest BCUT2D eigenvalue weighted by molar-refractivity contribution is 6.13. The average Bonchev–Trinajstić information content (AvgIpc) is 3.52. The summed E-state index contributed by atoms with van der Waals surface area (Å²) in [5.41, 5.74) is 13.8. The van der Waals surface area contributed by atoms with E-state index in [1.54, 1.807) is 0 Å². The molecular weight excluding hydrogens is 376 g/mol. The summed E-state index contributed by atoms with van der Waals surface area (Å²) in [6.07, 6.45) is 6.03. The van der Waals surface area contributed by atoms with Crippen LogP contribution in [0.25, 0.3) is 49.6 Å². The molecule has 144 valence electrons. The number of hydrogen-bond acceptors (Lipinski definition) is 1. The Morgan fingerprint density at radius 1 is 0.645 bits per heavy atom. The summed E-state index contributed by atoms with van der Waals surface area (Å²) >= 11 is 0. The van der Waals surface area contributed by atoms with Gasteiger partial charge in [0.15, 0.2) is 0 Å². The largest absolute Gasteiger partial charge is 0.299 e. The lowest BCUT2D eigenvalue weighted by Crippen LogP contribution is -1.92. The molecule has 0 N–H and O–H groups in total. The zero-order valence-corrected chi connectivity index (χ0v) is 16.9. The van der Waals surface area contributed by atoms with Crippen LogP contribution < -0.4 is 0 Å². The molecule has 2 aliphatic carbocycles. The molecule has 2 nitrogen and oxygen atoms in total. The first-order valence-corrected chi connectivity index (χ1v) is 10.9. The van der Waals surface area contributed by atoms with Crippen molar-refractivity contribution >= 4 is 27.3 Å². The van der Waals surface area contributed by atoms with E-state index in [1.807, 2.05) is 6.20 Å². The van der Waals surface area contributed by atoms with E-state index in [0.717, 1.165) is 18.5 Å². The highest BCUT2D eigenvalue weighted by Crippen LogP contribution is 2.48. The van der Waals surface area contributed by atoms with Crippen molar-refractivity contribution in [2.75, 3.05) is 0 Å². The van der Waals surface area contributed by atoms with Gasteiger partial charge < -0.3 is 0 Å². The third-order valence-electron chi connectivity index (χ3n) is 7.30. The molecule has 2 aliphatic rings. The number of pyridine rings is 1. The first-order valence-electron chi connectivity index (χ1n) is 10.9.